The number of ether oxygens (including phenoxy) is 1. The molecule has 2 atom stereocenters. The van der Waals surface area contributed by atoms with E-state index in [1.54, 1.807) is 42.5 Å². The van der Waals surface area contributed by atoms with Gasteiger partial charge in [-0.25, -0.2) is 0 Å². The third-order valence-corrected chi connectivity index (χ3v) is 7.60. The van der Waals surface area contributed by atoms with Gasteiger partial charge in [-0.3, -0.25) is 4.79 Å². The van der Waals surface area contributed by atoms with E-state index in [-0.39, 0.29) is 23.4 Å². The Hall–Kier alpha value is -3.35. The Balaban J connectivity index is 1.48. The van der Waals surface area contributed by atoms with Crippen molar-refractivity contribution in [1.29, 1.82) is 0 Å². The molecule has 2 unspecified atom stereocenters. The summed E-state index contributed by atoms with van der Waals surface area (Å²) in [5, 5.41) is 24.0. The molecule has 1 saturated heterocycles. The van der Waals surface area contributed by atoms with Crippen molar-refractivity contribution in [2.24, 2.45) is 0 Å². The summed E-state index contributed by atoms with van der Waals surface area (Å²) in [5.74, 6) is 1.01. The van der Waals surface area contributed by atoms with E-state index < -0.39 is 0 Å². The molecule has 3 aromatic carbocycles. The highest BCUT2D eigenvalue weighted by atomic mass is 32.1. The molecule has 0 aliphatic carbocycles. The first-order valence-electron chi connectivity index (χ1n) is 11.6. The lowest BCUT2D eigenvalue weighted by Gasteiger charge is -2.32. The molecule has 1 aliphatic heterocycles. The van der Waals surface area contributed by atoms with E-state index in [4.69, 9.17) is 4.74 Å². The largest absolute Gasteiger partial charge is 0.508 e. The number of carbonyl (C=O) groups excluding carboxylic acids is 1. The number of nitrogens with one attached hydrogen (secondary N) is 1. The molecule has 34 heavy (non-hydrogen) atoms. The number of thiophene rings is 1. The Kier molecular flexibility index (Phi) is 6.26. The summed E-state index contributed by atoms with van der Waals surface area (Å²) in [6.45, 7) is 3.19. The average molecular weight is 474 g/mol. The summed E-state index contributed by atoms with van der Waals surface area (Å²) in [4.78, 5) is 14.5. The number of fused-ring (bicyclic) bond motifs is 1. The van der Waals surface area contributed by atoms with E-state index in [1.807, 2.05) is 24.3 Å². The number of ketones is 1. The van der Waals surface area contributed by atoms with E-state index in [0.29, 0.717) is 17.2 Å². The van der Waals surface area contributed by atoms with Gasteiger partial charge in [0.25, 0.3) is 0 Å². The molecule has 2 heterocycles. The monoisotopic (exact) mass is 473 g/mol. The molecule has 174 valence electrons. The first kappa shape index (κ1) is 22.4. The predicted molar refractivity (Wildman–Crippen MR) is 136 cm³/mol. The summed E-state index contributed by atoms with van der Waals surface area (Å²) in [5.41, 5.74) is 2.02. The van der Waals surface area contributed by atoms with Crippen molar-refractivity contribution >= 4 is 27.2 Å². The highest BCUT2D eigenvalue weighted by molar-refractivity contribution is 7.22. The standard InChI is InChI=1S/C28H27NO4S/c1-2-23-24(4-3-15-29-23)33-21-12-7-17(8-13-21)27(32)26-22-14-11-20(31)16-25(22)34-28(26)18-5-9-19(30)10-6-18/h5-14,16,23-24,29-31H,2-4,15H2,1H3. The number of hydrogen-bond acceptors (Lipinski definition) is 6. The number of rotatable bonds is 6. The highest BCUT2D eigenvalue weighted by Crippen LogP contribution is 2.41. The smallest absolute Gasteiger partial charge is 0.195 e. The molecule has 5 nitrogen and oxygen atoms in total. The lowest BCUT2D eigenvalue weighted by atomic mass is 9.97. The Morgan fingerprint density at radius 3 is 2.50 bits per heavy atom. The molecule has 0 saturated carbocycles. The quantitative estimate of drug-likeness (QED) is 0.294. The third-order valence-electron chi connectivity index (χ3n) is 6.39. The molecule has 0 radical (unpaired) electrons. The van der Waals surface area contributed by atoms with Crippen LogP contribution in [0.1, 0.15) is 42.1 Å². The third kappa shape index (κ3) is 4.39. The van der Waals surface area contributed by atoms with Gasteiger partial charge < -0.3 is 20.3 Å². The van der Waals surface area contributed by atoms with Crippen LogP contribution in [0.25, 0.3) is 20.5 Å². The zero-order valence-electron chi connectivity index (χ0n) is 19.0. The van der Waals surface area contributed by atoms with Crippen molar-refractivity contribution in [1.82, 2.24) is 5.32 Å². The second-order valence-electron chi connectivity index (χ2n) is 8.65. The fraction of sp³-hybridized carbons (Fsp3) is 0.250. The molecule has 1 fully saturated rings. The average Bonchev–Trinajstić information content (AvgIpc) is 3.23. The van der Waals surface area contributed by atoms with Gasteiger partial charge in [0.1, 0.15) is 23.4 Å². The molecule has 0 amide bonds. The second-order valence-corrected chi connectivity index (χ2v) is 9.71. The van der Waals surface area contributed by atoms with E-state index in [9.17, 15) is 15.0 Å². The van der Waals surface area contributed by atoms with Gasteiger partial charge in [-0.1, -0.05) is 6.92 Å². The van der Waals surface area contributed by atoms with Gasteiger partial charge in [0.15, 0.2) is 5.78 Å². The normalized spacial score (nSPS) is 18.1. The molecule has 1 aliphatic rings. The van der Waals surface area contributed by atoms with Crippen LogP contribution in [0.2, 0.25) is 0 Å². The van der Waals surface area contributed by atoms with Crippen LogP contribution in [-0.4, -0.2) is 34.7 Å². The lowest BCUT2D eigenvalue weighted by molar-refractivity contribution is 0.104. The lowest BCUT2D eigenvalue weighted by Crippen LogP contribution is -2.47. The maximum Gasteiger partial charge on any atom is 0.195 e. The second kappa shape index (κ2) is 9.49. The van der Waals surface area contributed by atoms with Gasteiger partial charge in [-0.2, -0.15) is 0 Å². The van der Waals surface area contributed by atoms with Gasteiger partial charge in [0, 0.05) is 32.1 Å². The number of phenols is 2. The fourth-order valence-electron chi connectivity index (χ4n) is 4.60. The minimum absolute atomic E-state index is 0.0858. The number of piperidine rings is 1. The molecule has 3 N–H and O–H groups in total. The molecular weight excluding hydrogens is 446 g/mol. The zero-order valence-corrected chi connectivity index (χ0v) is 19.8. The van der Waals surface area contributed by atoms with Crippen molar-refractivity contribution in [3.8, 4) is 27.7 Å². The summed E-state index contributed by atoms with van der Waals surface area (Å²) >= 11 is 1.46. The molecule has 0 spiro atoms. The van der Waals surface area contributed by atoms with Crippen molar-refractivity contribution in [2.45, 2.75) is 38.3 Å². The van der Waals surface area contributed by atoms with E-state index in [0.717, 1.165) is 52.1 Å². The Labute approximate surface area is 202 Å². The van der Waals surface area contributed by atoms with E-state index >= 15 is 0 Å². The first-order valence-corrected chi connectivity index (χ1v) is 12.4. The highest BCUT2D eigenvalue weighted by Gasteiger charge is 2.25. The molecular formula is C28H27NO4S. The number of phenolic OH excluding ortho intramolecular Hbond substituents is 2. The van der Waals surface area contributed by atoms with Crippen molar-refractivity contribution in [3.05, 3.63) is 77.9 Å². The van der Waals surface area contributed by atoms with Gasteiger partial charge in [0.05, 0.1) is 0 Å². The summed E-state index contributed by atoms with van der Waals surface area (Å²) in [6.07, 6.45) is 3.27. The number of carbonyl (C=O) groups is 1. The van der Waals surface area contributed by atoms with Crippen molar-refractivity contribution in [2.75, 3.05) is 6.54 Å². The van der Waals surface area contributed by atoms with E-state index in [1.165, 1.54) is 11.3 Å². The minimum atomic E-state index is -0.0858. The Morgan fingerprint density at radius 1 is 1.03 bits per heavy atom. The molecule has 1 aromatic heterocycles. The summed E-state index contributed by atoms with van der Waals surface area (Å²) in [6, 6.07) is 19.6. The molecule has 0 bridgehead atoms. The molecule has 5 rings (SSSR count). The van der Waals surface area contributed by atoms with Crippen molar-refractivity contribution in [3.63, 3.8) is 0 Å². The first-order chi connectivity index (χ1) is 16.5. The van der Waals surface area contributed by atoms with Gasteiger partial charge in [0.2, 0.25) is 0 Å². The SMILES string of the molecule is CCC1NCCCC1Oc1ccc(C(=O)c2c(-c3ccc(O)cc3)sc3cc(O)ccc23)cc1. The van der Waals surface area contributed by atoms with Gasteiger partial charge in [-0.15, -0.1) is 11.3 Å². The topological polar surface area (TPSA) is 78.8 Å². The zero-order chi connectivity index (χ0) is 23.7. The van der Waals surface area contributed by atoms with Crippen LogP contribution in [0.5, 0.6) is 17.2 Å². The van der Waals surface area contributed by atoms with Crippen LogP contribution in [0.3, 0.4) is 0 Å². The summed E-state index contributed by atoms with van der Waals surface area (Å²) < 4.78 is 7.08. The molecule has 6 heteroatoms. The number of hydrogen-bond donors (Lipinski definition) is 3. The van der Waals surface area contributed by atoms with Crippen molar-refractivity contribution < 1.29 is 19.7 Å². The Morgan fingerprint density at radius 2 is 1.76 bits per heavy atom. The van der Waals surface area contributed by atoms with Crippen LogP contribution < -0.4 is 10.1 Å². The maximum absolute atomic E-state index is 13.7. The van der Waals surface area contributed by atoms with E-state index in [2.05, 4.69) is 12.2 Å². The summed E-state index contributed by atoms with van der Waals surface area (Å²) in [7, 11) is 0. The molecule has 4 aromatic rings. The van der Waals surface area contributed by atoms with Crippen LogP contribution in [0, 0.1) is 0 Å². The Bertz CT molecular complexity index is 1310. The van der Waals surface area contributed by atoms with Crippen LogP contribution in [-0.2, 0) is 0 Å². The fourth-order valence-corrected chi connectivity index (χ4v) is 5.84. The van der Waals surface area contributed by atoms with Crippen LogP contribution in [0.15, 0.2) is 66.7 Å². The van der Waals surface area contributed by atoms with Crippen LogP contribution >= 0.6 is 11.3 Å². The van der Waals surface area contributed by atoms with Gasteiger partial charge in [-0.05, 0) is 98.1 Å². The van der Waals surface area contributed by atoms with Crippen LogP contribution in [0.4, 0.5) is 0 Å². The maximum atomic E-state index is 13.7. The number of aromatic hydroxyl groups is 2. The number of benzene rings is 3. The minimum Gasteiger partial charge on any atom is -0.508 e. The van der Waals surface area contributed by atoms with Gasteiger partial charge >= 0.3 is 0 Å². The predicted octanol–water partition coefficient (Wildman–Crippen LogP) is 6.12.